The molecule has 34 heavy (non-hydrogen) atoms. The van der Waals surface area contributed by atoms with E-state index in [1.165, 1.54) is 18.2 Å². The predicted octanol–water partition coefficient (Wildman–Crippen LogP) is 6.19. The van der Waals surface area contributed by atoms with Gasteiger partial charge in [-0.2, -0.15) is 5.10 Å². The van der Waals surface area contributed by atoms with Gasteiger partial charge in [-0.3, -0.25) is 14.3 Å². The molecule has 4 rings (SSSR count). The molecule has 3 aromatic carbocycles. The molecule has 0 unspecified atom stereocenters. The molecule has 0 bridgehead atoms. The van der Waals surface area contributed by atoms with Crippen molar-refractivity contribution >= 4 is 40.6 Å². The van der Waals surface area contributed by atoms with Gasteiger partial charge in [0, 0.05) is 40.5 Å². The first-order valence-corrected chi connectivity index (χ1v) is 10.5. The van der Waals surface area contributed by atoms with Gasteiger partial charge >= 0.3 is 0 Å². The summed E-state index contributed by atoms with van der Waals surface area (Å²) < 4.78 is 1.59. The van der Waals surface area contributed by atoms with Gasteiger partial charge in [-0.25, -0.2) is 0 Å². The third-order valence-electron chi connectivity index (χ3n) is 4.95. The third-order valence-corrected chi connectivity index (χ3v) is 5.28. The standard InChI is InChI=1S/C24H18ClN7O2/c1-32-22(28-23(33)16-5-3-2-4-6-16)14-21(30-32)15-7-9-17(10-8-15)27-24(34)19-13-18(29-31-26)11-12-20(19)25/h2-14H,1H3,(H,27,34)(H,28,33). The highest BCUT2D eigenvalue weighted by Crippen LogP contribution is 2.26. The Hall–Kier alpha value is -4.59. The number of rotatable bonds is 6. The van der Waals surface area contributed by atoms with E-state index < -0.39 is 5.91 Å². The van der Waals surface area contributed by atoms with Crippen molar-refractivity contribution in [1.29, 1.82) is 0 Å². The molecule has 2 N–H and O–H groups in total. The first-order chi connectivity index (χ1) is 16.4. The maximum atomic E-state index is 12.6. The average Bonchev–Trinajstić information content (AvgIpc) is 3.21. The van der Waals surface area contributed by atoms with Gasteiger partial charge in [0.15, 0.2) is 0 Å². The highest BCUT2D eigenvalue weighted by molar-refractivity contribution is 6.34. The van der Waals surface area contributed by atoms with Crippen molar-refractivity contribution in [1.82, 2.24) is 9.78 Å². The second-order valence-corrected chi connectivity index (χ2v) is 7.65. The highest BCUT2D eigenvalue weighted by atomic mass is 35.5. The first-order valence-electron chi connectivity index (χ1n) is 10.1. The van der Waals surface area contributed by atoms with Crippen LogP contribution in [0.3, 0.4) is 0 Å². The van der Waals surface area contributed by atoms with Crippen molar-refractivity contribution in [2.24, 2.45) is 12.2 Å². The van der Waals surface area contributed by atoms with E-state index in [0.29, 0.717) is 22.8 Å². The number of anilines is 2. The number of nitrogens with zero attached hydrogens (tertiary/aromatic N) is 5. The summed E-state index contributed by atoms with van der Waals surface area (Å²) in [5.41, 5.74) is 11.6. The van der Waals surface area contributed by atoms with Gasteiger partial charge in [0.2, 0.25) is 0 Å². The fraction of sp³-hybridized carbons (Fsp3) is 0.0417. The first kappa shape index (κ1) is 22.6. The number of nitrogens with one attached hydrogen (secondary N) is 2. The van der Waals surface area contributed by atoms with Crippen LogP contribution in [-0.4, -0.2) is 21.6 Å². The van der Waals surface area contributed by atoms with Crippen LogP contribution in [0.4, 0.5) is 17.2 Å². The van der Waals surface area contributed by atoms with Crippen LogP contribution in [0.15, 0.2) is 84.0 Å². The molecule has 0 aliphatic carbocycles. The maximum Gasteiger partial charge on any atom is 0.257 e. The van der Waals surface area contributed by atoms with E-state index in [9.17, 15) is 9.59 Å². The average molecular weight is 472 g/mol. The summed E-state index contributed by atoms with van der Waals surface area (Å²) in [5.74, 6) is -0.108. The summed E-state index contributed by atoms with van der Waals surface area (Å²) in [4.78, 5) is 27.8. The van der Waals surface area contributed by atoms with Gasteiger partial charge < -0.3 is 10.6 Å². The van der Waals surface area contributed by atoms with Crippen molar-refractivity contribution in [3.63, 3.8) is 0 Å². The van der Waals surface area contributed by atoms with E-state index in [0.717, 1.165) is 5.56 Å². The molecule has 0 aliphatic rings. The summed E-state index contributed by atoms with van der Waals surface area (Å²) in [6.45, 7) is 0. The van der Waals surface area contributed by atoms with Gasteiger partial charge in [-0.1, -0.05) is 53.1 Å². The smallest absolute Gasteiger partial charge is 0.257 e. The number of azide groups is 1. The molecule has 0 atom stereocenters. The number of halogens is 1. The van der Waals surface area contributed by atoms with Crippen LogP contribution in [0.1, 0.15) is 20.7 Å². The van der Waals surface area contributed by atoms with Crippen LogP contribution in [0.5, 0.6) is 0 Å². The van der Waals surface area contributed by atoms with Gasteiger partial charge in [0.05, 0.1) is 16.3 Å². The fourth-order valence-corrected chi connectivity index (χ4v) is 3.43. The number of benzene rings is 3. The SMILES string of the molecule is Cn1nc(-c2ccc(NC(=O)c3cc(N=[N+]=[N-])ccc3Cl)cc2)cc1NC(=O)c1ccccc1. The Balaban J connectivity index is 1.47. The van der Waals surface area contributed by atoms with Gasteiger partial charge in [0.1, 0.15) is 5.82 Å². The van der Waals surface area contributed by atoms with E-state index >= 15 is 0 Å². The molecule has 0 radical (unpaired) electrons. The van der Waals surface area contributed by atoms with Gasteiger partial charge in [0.25, 0.3) is 11.8 Å². The van der Waals surface area contributed by atoms with E-state index in [1.54, 1.807) is 66.3 Å². The number of aromatic nitrogens is 2. The maximum absolute atomic E-state index is 12.6. The minimum atomic E-state index is -0.434. The number of aryl methyl sites for hydroxylation is 1. The molecule has 0 saturated heterocycles. The number of hydrogen-bond donors (Lipinski definition) is 2. The summed E-state index contributed by atoms with van der Waals surface area (Å²) in [7, 11) is 1.74. The highest BCUT2D eigenvalue weighted by Gasteiger charge is 2.14. The molecule has 9 nitrogen and oxygen atoms in total. The minimum absolute atomic E-state index is 0.194. The number of carbonyl (C=O) groups is 2. The van der Waals surface area contributed by atoms with Gasteiger partial charge in [-0.05, 0) is 41.9 Å². The number of carbonyl (C=O) groups excluding carboxylic acids is 2. The van der Waals surface area contributed by atoms with Crippen molar-refractivity contribution in [2.45, 2.75) is 0 Å². The van der Waals surface area contributed by atoms with E-state index in [4.69, 9.17) is 17.1 Å². The quantitative estimate of drug-likeness (QED) is 0.198. The van der Waals surface area contributed by atoms with Crippen molar-refractivity contribution < 1.29 is 9.59 Å². The monoisotopic (exact) mass is 471 g/mol. The second kappa shape index (κ2) is 9.91. The zero-order valence-corrected chi connectivity index (χ0v) is 18.7. The van der Waals surface area contributed by atoms with Crippen molar-refractivity contribution in [2.75, 3.05) is 10.6 Å². The molecule has 0 saturated carbocycles. The molecule has 4 aromatic rings. The van der Waals surface area contributed by atoms with E-state index in [-0.39, 0.29) is 22.2 Å². The lowest BCUT2D eigenvalue weighted by Gasteiger charge is -2.08. The molecular weight excluding hydrogens is 454 g/mol. The Kier molecular flexibility index (Phi) is 6.59. The Morgan fingerprint density at radius 1 is 0.971 bits per heavy atom. The van der Waals surface area contributed by atoms with Crippen molar-refractivity contribution in [3.8, 4) is 11.3 Å². The normalized spacial score (nSPS) is 10.3. The lowest BCUT2D eigenvalue weighted by atomic mass is 10.1. The molecule has 2 amide bonds. The van der Waals surface area contributed by atoms with Crippen LogP contribution < -0.4 is 10.6 Å². The summed E-state index contributed by atoms with van der Waals surface area (Å²) >= 11 is 6.12. The predicted molar refractivity (Wildman–Crippen MR) is 131 cm³/mol. The number of hydrogen-bond acceptors (Lipinski definition) is 4. The lowest BCUT2D eigenvalue weighted by Crippen LogP contribution is -2.14. The molecule has 1 heterocycles. The zero-order chi connectivity index (χ0) is 24.1. The molecule has 10 heteroatoms. The third kappa shape index (κ3) is 5.07. The van der Waals surface area contributed by atoms with Gasteiger partial charge in [-0.15, -0.1) is 0 Å². The molecular formula is C24H18ClN7O2. The van der Waals surface area contributed by atoms with E-state index in [1.807, 2.05) is 6.07 Å². The molecule has 0 fully saturated rings. The van der Waals surface area contributed by atoms with Crippen LogP contribution >= 0.6 is 11.6 Å². The fourth-order valence-electron chi connectivity index (χ4n) is 3.23. The van der Waals surface area contributed by atoms with E-state index in [2.05, 4.69) is 25.8 Å². The summed E-state index contributed by atoms with van der Waals surface area (Å²) in [6, 6.07) is 22.2. The molecule has 1 aromatic heterocycles. The minimum Gasteiger partial charge on any atom is -0.322 e. The molecule has 0 aliphatic heterocycles. The Morgan fingerprint density at radius 3 is 2.41 bits per heavy atom. The molecule has 0 spiro atoms. The Morgan fingerprint density at radius 2 is 1.71 bits per heavy atom. The van der Waals surface area contributed by atoms with Crippen LogP contribution in [0.25, 0.3) is 21.7 Å². The topological polar surface area (TPSA) is 125 Å². The van der Waals surface area contributed by atoms with Crippen LogP contribution in [0.2, 0.25) is 5.02 Å². The summed E-state index contributed by atoms with van der Waals surface area (Å²) in [5, 5.41) is 13.8. The number of amides is 2. The van der Waals surface area contributed by atoms with Crippen molar-refractivity contribution in [3.05, 3.63) is 105 Å². The molecule has 168 valence electrons. The summed E-state index contributed by atoms with van der Waals surface area (Å²) in [6.07, 6.45) is 0. The second-order valence-electron chi connectivity index (χ2n) is 7.24. The zero-order valence-electron chi connectivity index (χ0n) is 17.9. The van der Waals surface area contributed by atoms with Crippen LogP contribution in [-0.2, 0) is 7.05 Å². The largest absolute Gasteiger partial charge is 0.322 e. The lowest BCUT2D eigenvalue weighted by molar-refractivity contribution is 0.101. The Labute approximate surface area is 199 Å². The Bertz CT molecular complexity index is 1410. The van der Waals surface area contributed by atoms with Crippen LogP contribution in [0, 0.1) is 0 Å².